The van der Waals surface area contributed by atoms with Gasteiger partial charge in [0.25, 0.3) is 0 Å². The van der Waals surface area contributed by atoms with Crippen LogP contribution in [0.5, 0.6) is 0 Å². The highest BCUT2D eigenvalue weighted by molar-refractivity contribution is 4.66. The molecule has 0 fully saturated rings. The molecule has 0 aliphatic carbocycles. The molecule has 0 aliphatic heterocycles. The van der Waals surface area contributed by atoms with Crippen LogP contribution in [0.1, 0.15) is 52.4 Å². The van der Waals surface area contributed by atoms with Gasteiger partial charge in [0.1, 0.15) is 0 Å². The third-order valence-electron chi connectivity index (χ3n) is 2.29. The first-order valence-corrected chi connectivity index (χ1v) is 5.65. The highest BCUT2D eigenvalue weighted by Gasteiger charge is 1.98. The molecule has 1 atom stereocenters. The van der Waals surface area contributed by atoms with Gasteiger partial charge < -0.3 is 5.32 Å². The van der Waals surface area contributed by atoms with E-state index in [-0.39, 0.29) is 0 Å². The number of rotatable bonds is 9. The molecule has 0 spiro atoms. The summed E-state index contributed by atoms with van der Waals surface area (Å²) in [5, 5.41) is 3.50. The SMILES string of the molecule is C=CCCCCCC(C)NCCC. The van der Waals surface area contributed by atoms with E-state index in [0.717, 1.165) is 6.54 Å². The van der Waals surface area contributed by atoms with Crippen LogP contribution >= 0.6 is 0 Å². The Balaban J connectivity index is 3.07. The molecule has 0 aromatic carbocycles. The van der Waals surface area contributed by atoms with Gasteiger partial charge >= 0.3 is 0 Å². The first-order chi connectivity index (χ1) is 6.31. The molecule has 0 radical (unpaired) electrons. The molecule has 13 heavy (non-hydrogen) atoms. The smallest absolute Gasteiger partial charge is 0.00387 e. The molecule has 0 amide bonds. The molecule has 0 aliphatic rings. The molecule has 0 aromatic rings. The van der Waals surface area contributed by atoms with Crippen molar-refractivity contribution < 1.29 is 0 Å². The molecule has 78 valence electrons. The van der Waals surface area contributed by atoms with E-state index in [2.05, 4.69) is 25.7 Å². The van der Waals surface area contributed by atoms with Gasteiger partial charge in [-0.3, -0.25) is 0 Å². The van der Waals surface area contributed by atoms with Crippen molar-refractivity contribution in [3.63, 3.8) is 0 Å². The second-order valence-corrected chi connectivity index (χ2v) is 3.78. The lowest BCUT2D eigenvalue weighted by Crippen LogP contribution is -2.26. The van der Waals surface area contributed by atoms with Crippen molar-refractivity contribution >= 4 is 0 Å². The minimum absolute atomic E-state index is 0.698. The van der Waals surface area contributed by atoms with Crippen LogP contribution in [-0.2, 0) is 0 Å². The summed E-state index contributed by atoms with van der Waals surface area (Å²) in [6.45, 7) is 9.38. The van der Waals surface area contributed by atoms with Gasteiger partial charge in [0, 0.05) is 6.04 Å². The molecule has 1 heteroatoms. The van der Waals surface area contributed by atoms with Crippen molar-refractivity contribution in [3.05, 3.63) is 12.7 Å². The van der Waals surface area contributed by atoms with E-state index in [4.69, 9.17) is 0 Å². The Hall–Kier alpha value is -0.300. The zero-order valence-corrected chi connectivity index (χ0v) is 9.31. The Bertz CT molecular complexity index is 110. The highest BCUT2D eigenvalue weighted by Crippen LogP contribution is 2.05. The normalized spacial score (nSPS) is 12.8. The summed E-state index contributed by atoms with van der Waals surface area (Å²) in [5.41, 5.74) is 0. The number of nitrogens with one attached hydrogen (secondary N) is 1. The summed E-state index contributed by atoms with van der Waals surface area (Å²) in [6, 6.07) is 0.698. The lowest BCUT2D eigenvalue weighted by atomic mass is 10.1. The van der Waals surface area contributed by atoms with Crippen LogP contribution in [0, 0.1) is 0 Å². The van der Waals surface area contributed by atoms with Gasteiger partial charge in [-0.2, -0.15) is 0 Å². The summed E-state index contributed by atoms with van der Waals surface area (Å²) in [7, 11) is 0. The predicted octanol–water partition coefficient (Wildman–Crippen LogP) is 3.51. The van der Waals surface area contributed by atoms with E-state index in [0.29, 0.717) is 6.04 Å². The van der Waals surface area contributed by atoms with Gasteiger partial charge in [0.2, 0.25) is 0 Å². The van der Waals surface area contributed by atoms with Crippen molar-refractivity contribution in [1.82, 2.24) is 5.32 Å². The number of unbranched alkanes of at least 4 members (excludes halogenated alkanes) is 3. The summed E-state index contributed by atoms with van der Waals surface area (Å²) >= 11 is 0. The Labute approximate surface area is 83.6 Å². The highest BCUT2D eigenvalue weighted by atomic mass is 14.9. The fourth-order valence-corrected chi connectivity index (χ4v) is 1.41. The average Bonchev–Trinajstić information content (AvgIpc) is 2.14. The van der Waals surface area contributed by atoms with E-state index in [1.54, 1.807) is 0 Å². The van der Waals surface area contributed by atoms with Crippen LogP contribution in [0.4, 0.5) is 0 Å². The zero-order valence-electron chi connectivity index (χ0n) is 9.31. The van der Waals surface area contributed by atoms with Gasteiger partial charge in [0.15, 0.2) is 0 Å². The Morgan fingerprint density at radius 2 is 2.08 bits per heavy atom. The van der Waals surface area contributed by atoms with Crippen LogP contribution in [-0.4, -0.2) is 12.6 Å². The van der Waals surface area contributed by atoms with Gasteiger partial charge in [0.05, 0.1) is 0 Å². The van der Waals surface area contributed by atoms with Gasteiger partial charge in [-0.25, -0.2) is 0 Å². The van der Waals surface area contributed by atoms with E-state index < -0.39 is 0 Å². The first kappa shape index (κ1) is 12.7. The fraction of sp³-hybridized carbons (Fsp3) is 0.833. The minimum Gasteiger partial charge on any atom is -0.314 e. The van der Waals surface area contributed by atoms with Crippen LogP contribution in [0.3, 0.4) is 0 Å². The van der Waals surface area contributed by atoms with Crippen molar-refractivity contribution in [2.24, 2.45) is 0 Å². The summed E-state index contributed by atoms with van der Waals surface area (Å²) < 4.78 is 0. The molecule has 0 heterocycles. The molecular weight excluding hydrogens is 158 g/mol. The monoisotopic (exact) mass is 183 g/mol. The van der Waals surface area contributed by atoms with Crippen LogP contribution in [0.2, 0.25) is 0 Å². The maximum absolute atomic E-state index is 3.72. The summed E-state index contributed by atoms with van der Waals surface area (Å²) in [5.74, 6) is 0. The fourth-order valence-electron chi connectivity index (χ4n) is 1.41. The maximum Gasteiger partial charge on any atom is 0.00387 e. The maximum atomic E-state index is 3.72. The minimum atomic E-state index is 0.698. The van der Waals surface area contributed by atoms with Crippen LogP contribution in [0.25, 0.3) is 0 Å². The van der Waals surface area contributed by atoms with Crippen molar-refractivity contribution in [2.75, 3.05) is 6.54 Å². The Kier molecular flexibility index (Phi) is 9.56. The molecule has 1 unspecified atom stereocenters. The molecule has 0 saturated carbocycles. The third-order valence-corrected chi connectivity index (χ3v) is 2.29. The number of hydrogen-bond acceptors (Lipinski definition) is 1. The topological polar surface area (TPSA) is 12.0 Å². The number of hydrogen-bond donors (Lipinski definition) is 1. The molecule has 0 aromatic heterocycles. The second kappa shape index (κ2) is 9.79. The number of allylic oxidation sites excluding steroid dienone is 1. The largest absolute Gasteiger partial charge is 0.314 e. The predicted molar refractivity (Wildman–Crippen MR) is 61.0 cm³/mol. The second-order valence-electron chi connectivity index (χ2n) is 3.78. The van der Waals surface area contributed by atoms with Crippen LogP contribution in [0.15, 0.2) is 12.7 Å². The Morgan fingerprint density at radius 3 is 2.69 bits per heavy atom. The standard InChI is InChI=1S/C12H25N/c1-4-6-7-8-9-10-12(3)13-11-5-2/h4,12-13H,1,5-11H2,2-3H3. The molecule has 1 N–H and O–H groups in total. The zero-order chi connectivity index (χ0) is 9.94. The van der Waals surface area contributed by atoms with Gasteiger partial charge in [-0.05, 0) is 39.2 Å². The van der Waals surface area contributed by atoms with E-state index in [9.17, 15) is 0 Å². The lowest BCUT2D eigenvalue weighted by Gasteiger charge is -2.12. The van der Waals surface area contributed by atoms with E-state index in [1.807, 2.05) is 6.08 Å². The molecular formula is C12H25N. The molecule has 0 rings (SSSR count). The van der Waals surface area contributed by atoms with E-state index >= 15 is 0 Å². The van der Waals surface area contributed by atoms with Crippen molar-refractivity contribution in [2.45, 2.75) is 58.4 Å². The molecule has 0 bridgehead atoms. The van der Waals surface area contributed by atoms with Gasteiger partial charge in [-0.15, -0.1) is 6.58 Å². The Morgan fingerprint density at radius 1 is 1.31 bits per heavy atom. The molecule has 0 saturated heterocycles. The van der Waals surface area contributed by atoms with Crippen LogP contribution < -0.4 is 5.32 Å². The third kappa shape index (κ3) is 9.62. The molecule has 1 nitrogen and oxygen atoms in total. The summed E-state index contributed by atoms with van der Waals surface area (Å²) in [4.78, 5) is 0. The van der Waals surface area contributed by atoms with Gasteiger partial charge in [-0.1, -0.05) is 25.8 Å². The average molecular weight is 183 g/mol. The first-order valence-electron chi connectivity index (χ1n) is 5.65. The summed E-state index contributed by atoms with van der Waals surface area (Å²) in [6.07, 6.45) is 9.76. The lowest BCUT2D eigenvalue weighted by molar-refractivity contribution is 0.485. The van der Waals surface area contributed by atoms with Crippen molar-refractivity contribution in [3.8, 4) is 0 Å². The van der Waals surface area contributed by atoms with E-state index in [1.165, 1.54) is 38.5 Å². The van der Waals surface area contributed by atoms with Crippen molar-refractivity contribution in [1.29, 1.82) is 0 Å². The quantitative estimate of drug-likeness (QED) is 0.426.